The third kappa shape index (κ3) is 4.81. The van der Waals surface area contributed by atoms with Gasteiger partial charge in [0, 0.05) is 11.8 Å². The number of amides is 1. The lowest BCUT2D eigenvalue weighted by Gasteiger charge is -2.12. The van der Waals surface area contributed by atoms with Crippen LogP contribution in [0.3, 0.4) is 0 Å². The highest BCUT2D eigenvalue weighted by Crippen LogP contribution is 2.28. The van der Waals surface area contributed by atoms with Crippen LogP contribution in [0.25, 0.3) is 0 Å². The maximum absolute atomic E-state index is 12.1. The van der Waals surface area contributed by atoms with E-state index in [0.717, 1.165) is 11.4 Å². The highest BCUT2D eigenvalue weighted by Gasteiger charge is 2.09. The van der Waals surface area contributed by atoms with Crippen LogP contribution >= 0.6 is 0 Å². The monoisotopic (exact) mass is 330 g/mol. The Bertz CT molecular complexity index is 671. The van der Waals surface area contributed by atoms with Crippen LogP contribution in [-0.2, 0) is 4.79 Å². The van der Waals surface area contributed by atoms with Gasteiger partial charge >= 0.3 is 0 Å². The molecular weight excluding hydrogens is 308 g/mol. The molecule has 0 atom stereocenters. The highest BCUT2D eigenvalue weighted by molar-refractivity contribution is 5.95. The predicted molar refractivity (Wildman–Crippen MR) is 94.3 cm³/mol. The van der Waals surface area contributed by atoms with Crippen molar-refractivity contribution in [1.29, 1.82) is 0 Å². The van der Waals surface area contributed by atoms with Crippen molar-refractivity contribution in [3.8, 4) is 17.2 Å². The van der Waals surface area contributed by atoms with Crippen molar-refractivity contribution < 1.29 is 19.0 Å². The summed E-state index contributed by atoms with van der Waals surface area (Å²) in [5.74, 6) is 1.84. The van der Waals surface area contributed by atoms with Crippen LogP contribution in [0.5, 0.6) is 17.2 Å². The summed E-state index contributed by atoms with van der Waals surface area (Å²) in [6, 6.07) is 12.7. The fourth-order valence-corrected chi connectivity index (χ4v) is 2.11. The quantitative estimate of drug-likeness (QED) is 0.778. The van der Waals surface area contributed by atoms with Gasteiger partial charge < -0.3 is 24.8 Å². The average Bonchev–Trinajstić information content (AvgIpc) is 2.61. The molecule has 2 N–H and O–H groups in total. The fraction of sp³-hybridized carbons (Fsp3) is 0.278. The van der Waals surface area contributed by atoms with Crippen molar-refractivity contribution >= 4 is 17.3 Å². The van der Waals surface area contributed by atoms with Crippen LogP contribution in [-0.4, -0.2) is 33.3 Å². The molecule has 0 bridgehead atoms. The Morgan fingerprint density at radius 1 is 1.00 bits per heavy atom. The van der Waals surface area contributed by atoms with Crippen molar-refractivity contribution in [1.82, 2.24) is 0 Å². The summed E-state index contributed by atoms with van der Waals surface area (Å²) in [7, 11) is 3.12. The van der Waals surface area contributed by atoms with Crippen molar-refractivity contribution in [2.75, 3.05) is 38.0 Å². The number of hydrogen-bond donors (Lipinski definition) is 2. The second-order valence-electron chi connectivity index (χ2n) is 4.93. The first-order valence-corrected chi connectivity index (χ1v) is 7.65. The molecule has 0 aliphatic rings. The summed E-state index contributed by atoms with van der Waals surface area (Å²) in [4.78, 5) is 12.1. The molecule has 6 heteroatoms. The molecule has 0 aliphatic heterocycles. The van der Waals surface area contributed by atoms with Crippen LogP contribution < -0.4 is 24.8 Å². The van der Waals surface area contributed by atoms with E-state index in [1.165, 1.54) is 0 Å². The average molecular weight is 330 g/mol. The summed E-state index contributed by atoms with van der Waals surface area (Å²) in [6.07, 6.45) is 0. The van der Waals surface area contributed by atoms with E-state index in [0.29, 0.717) is 23.8 Å². The van der Waals surface area contributed by atoms with Gasteiger partial charge in [-0.3, -0.25) is 4.79 Å². The number of methoxy groups -OCH3 is 2. The van der Waals surface area contributed by atoms with Gasteiger partial charge in [0.05, 0.1) is 33.1 Å². The first kappa shape index (κ1) is 17.5. The maximum atomic E-state index is 12.1. The number of carbonyl (C=O) groups excluding carboxylic acids is 1. The molecule has 0 unspecified atom stereocenters. The Labute approximate surface area is 141 Å². The normalized spacial score (nSPS) is 9.96. The number of rotatable bonds is 8. The molecule has 0 aromatic heterocycles. The molecule has 2 aromatic carbocycles. The smallest absolute Gasteiger partial charge is 0.243 e. The van der Waals surface area contributed by atoms with E-state index in [1.807, 2.05) is 31.2 Å². The Kier molecular flexibility index (Phi) is 6.31. The molecule has 24 heavy (non-hydrogen) atoms. The Morgan fingerprint density at radius 2 is 1.71 bits per heavy atom. The first-order chi connectivity index (χ1) is 11.7. The maximum Gasteiger partial charge on any atom is 0.243 e. The van der Waals surface area contributed by atoms with Crippen LogP contribution in [0.4, 0.5) is 11.4 Å². The molecule has 2 aromatic rings. The zero-order valence-electron chi connectivity index (χ0n) is 14.1. The van der Waals surface area contributed by atoms with Crippen molar-refractivity contribution in [3.63, 3.8) is 0 Å². The third-order valence-corrected chi connectivity index (χ3v) is 3.30. The Hall–Kier alpha value is -2.89. The van der Waals surface area contributed by atoms with E-state index < -0.39 is 0 Å². The molecule has 0 spiro atoms. The van der Waals surface area contributed by atoms with Gasteiger partial charge in [0.15, 0.2) is 0 Å². The molecule has 0 radical (unpaired) electrons. The van der Waals surface area contributed by atoms with E-state index in [2.05, 4.69) is 10.6 Å². The van der Waals surface area contributed by atoms with Gasteiger partial charge in [0.1, 0.15) is 17.2 Å². The molecule has 0 fully saturated rings. The number of hydrogen-bond acceptors (Lipinski definition) is 5. The lowest BCUT2D eigenvalue weighted by Crippen LogP contribution is -2.22. The standard InChI is InChI=1S/C18H22N2O4/c1-4-24-14-7-5-13(6-8-14)19-12-18(21)20-16-10-9-15(22-2)11-17(16)23-3/h5-11,19H,4,12H2,1-3H3,(H,20,21). The van der Waals surface area contributed by atoms with Crippen LogP contribution in [0.15, 0.2) is 42.5 Å². The van der Waals surface area contributed by atoms with Gasteiger partial charge in [0.25, 0.3) is 0 Å². The van der Waals surface area contributed by atoms with E-state index >= 15 is 0 Å². The summed E-state index contributed by atoms with van der Waals surface area (Å²) >= 11 is 0. The van der Waals surface area contributed by atoms with Gasteiger partial charge in [-0.15, -0.1) is 0 Å². The second-order valence-corrected chi connectivity index (χ2v) is 4.93. The van der Waals surface area contributed by atoms with Gasteiger partial charge in [0.2, 0.25) is 5.91 Å². The van der Waals surface area contributed by atoms with Crippen LogP contribution in [0, 0.1) is 0 Å². The summed E-state index contributed by atoms with van der Waals surface area (Å²) in [5, 5.41) is 5.87. The molecular formula is C18H22N2O4. The highest BCUT2D eigenvalue weighted by atomic mass is 16.5. The zero-order valence-corrected chi connectivity index (χ0v) is 14.1. The van der Waals surface area contributed by atoms with Gasteiger partial charge in [-0.05, 0) is 43.3 Å². The number of ether oxygens (including phenoxy) is 3. The minimum Gasteiger partial charge on any atom is -0.497 e. The molecule has 0 heterocycles. The first-order valence-electron chi connectivity index (χ1n) is 7.65. The van der Waals surface area contributed by atoms with Gasteiger partial charge in [-0.2, -0.15) is 0 Å². The summed E-state index contributed by atoms with van der Waals surface area (Å²) in [5.41, 5.74) is 1.44. The summed E-state index contributed by atoms with van der Waals surface area (Å²) < 4.78 is 15.8. The molecule has 1 amide bonds. The Morgan fingerprint density at radius 3 is 2.33 bits per heavy atom. The third-order valence-electron chi connectivity index (χ3n) is 3.30. The predicted octanol–water partition coefficient (Wildman–Crippen LogP) is 3.15. The van der Waals surface area contributed by atoms with Crippen molar-refractivity contribution in [2.45, 2.75) is 6.92 Å². The second kappa shape index (κ2) is 8.67. The van der Waals surface area contributed by atoms with Crippen molar-refractivity contribution in [3.05, 3.63) is 42.5 Å². The van der Waals surface area contributed by atoms with Crippen LogP contribution in [0.1, 0.15) is 6.92 Å². The molecule has 128 valence electrons. The molecule has 2 rings (SSSR count). The lowest BCUT2D eigenvalue weighted by atomic mass is 10.2. The number of carbonyl (C=O) groups is 1. The topological polar surface area (TPSA) is 68.8 Å². The molecule has 0 saturated heterocycles. The van der Waals surface area contributed by atoms with Crippen LogP contribution in [0.2, 0.25) is 0 Å². The minimum atomic E-state index is -0.174. The molecule has 0 aliphatic carbocycles. The van der Waals surface area contributed by atoms with E-state index in [9.17, 15) is 4.79 Å². The SMILES string of the molecule is CCOc1ccc(NCC(=O)Nc2ccc(OC)cc2OC)cc1. The lowest BCUT2D eigenvalue weighted by molar-refractivity contribution is -0.114. The Balaban J connectivity index is 1.91. The minimum absolute atomic E-state index is 0.142. The van der Waals surface area contributed by atoms with E-state index in [4.69, 9.17) is 14.2 Å². The van der Waals surface area contributed by atoms with Gasteiger partial charge in [-0.1, -0.05) is 0 Å². The summed E-state index contributed by atoms with van der Waals surface area (Å²) in [6.45, 7) is 2.70. The largest absolute Gasteiger partial charge is 0.497 e. The fourth-order valence-electron chi connectivity index (χ4n) is 2.11. The number of benzene rings is 2. The molecule has 6 nitrogen and oxygen atoms in total. The van der Waals surface area contributed by atoms with E-state index in [-0.39, 0.29) is 12.5 Å². The number of anilines is 2. The van der Waals surface area contributed by atoms with Gasteiger partial charge in [-0.25, -0.2) is 0 Å². The number of nitrogens with one attached hydrogen (secondary N) is 2. The zero-order chi connectivity index (χ0) is 17.4. The van der Waals surface area contributed by atoms with E-state index in [1.54, 1.807) is 32.4 Å². The van der Waals surface area contributed by atoms with Crippen molar-refractivity contribution in [2.24, 2.45) is 0 Å². The molecule has 0 saturated carbocycles.